The number of thioether (sulfide) groups is 1. The summed E-state index contributed by atoms with van der Waals surface area (Å²) >= 11 is 3.12. The highest BCUT2D eigenvalue weighted by Crippen LogP contribution is 2.27. The predicted octanol–water partition coefficient (Wildman–Crippen LogP) is 5.07. The number of hydrogen-bond donors (Lipinski definition) is 1. The molecule has 0 saturated carbocycles. The first-order valence-electron chi connectivity index (χ1n) is 8.31. The van der Waals surface area contributed by atoms with Gasteiger partial charge in [-0.25, -0.2) is 9.37 Å². The molecule has 140 valence electrons. The molecular formula is C20H19FN2O2S2. The van der Waals surface area contributed by atoms with Crippen molar-refractivity contribution in [1.82, 2.24) is 10.3 Å². The van der Waals surface area contributed by atoms with Crippen LogP contribution >= 0.6 is 23.1 Å². The topological polar surface area (TPSA) is 51.2 Å². The average Bonchev–Trinajstić information content (AvgIpc) is 3.20. The second-order valence-corrected chi connectivity index (χ2v) is 7.59. The third kappa shape index (κ3) is 4.87. The zero-order chi connectivity index (χ0) is 19.2. The van der Waals surface area contributed by atoms with Crippen LogP contribution in [-0.4, -0.2) is 18.0 Å². The molecule has 3 aromatic rings. The number of benzene rings is 2. The van der Waals surface area contributed by atoms with Crippen LogP contribution in [0, 0.1) is 5.82 Å². The van der Waals surface area contributed by atoms with E-state index in [0.717, 1.165) is 10.6 Å². The van der Waals surface area contributed by atoms with Gasteiger partial charge in [0.05, 0.1) is 29.9 Å². The number of thiazole rings is 1. The Morgan fingerprint density at radius 1 is 1.33 bits per heavy atom. The summed E-state index contributed by atoms with van der Waals surface area (Å²) in [5, 5.41) is 4.93. The van der Waals surface area contributed by atoms with Crippen LogP contribution in [0.2, 0.25) is 0 Å². The number of halogens is 1. The van der Waals surface area contributed by atoms with Crippen LogP contribution in [0.25, 0.3) is 0 Å². The fourth-order valence-corrected chi connectivity index (χ4v) is 4.17. The number of carbonyl (C=O) groups excluding carboxylic acids is 1. The van der Waals surface area contributed by atoms with Crippen LogP contribution < -0.4 is 10.1 Å². The first-order chi connectivity index (χ1) is 13.1. The maximum Gasteiger partial charge on any atom is 0.252 e. The van der Waals surface area contributed by atoms with Crippen LogP contribution in [-0.2, 0) is 5.75 Å². The van der Waals surface area contributed by atoms with Crippen molar-refractivity contribution >= 4 is 29.0 Å². The van der Waals surface area contributed by atoms with E-state index in [-0.39, 0.29) is 17.7 Å². The monoisotopic (exact) mass is 402 g/mol. The van der Waals surface area contributed by atoms with Gasteiger partial charge in [-0.1, -0.05) is 18.2 Å². The van der Waals surface area contributed by atoms with Crippen LogP contribution in [0.4, 0.5) is 4.39 Å². The number of hydrogen-bond acceptors (Lipinski definition) is 5. The predicted molar refractivity (Wildman–Crippen MR) is 107 cm³/mol. The standard InChI is InChI=1S/C20H19FN2O2S2/c1-13(14-7-8-18(25-2)17(21)9-14)23-20(24)16-5-3-4-6-19(16)27-11-15-10-26-12-22-15/h3-10,12-13H,11H2,1-2H3,(H,23,24). The molecule has 0 bridgehead atoms. The Labute approximate surface area is 165 Å². The molecule has 2 aromatic carbocycles. The summed E-state index contributed by atoms with van der Waals surface area (Å²) in [6.45, 7) is 1.82. The van der Waals surface area contributed by atoms with Crippen LogP contribution in [0.15, 0.2) is 58.3 Å². The Morgan fingerprint density at radius 2 is 2.15 bits per heavy atom. The summed E-state index contributed by atoms with van der Waals surface area (Å²) in [5.41, 5.74) is 4.06. The van der Waals surface area contributed by atoms with Gasteiger partial charge in [0, 0.05) is 16.0 Å². The number of ether oxygens (including phenoxy) is 1. The van der Waals surface area contributed by atoms with Gasteiger partial charge in [0.2, 0.25) is 0 Å². The summed E-state index contributed by atoms with van der Waals surface area (Å²) in [6, 6.07) is 11.8. The molecule has 27 heavy (non-hydrogen) atoms. The number of amides is 1. The van der Waals surface area contributed by atoms with Crippen LogP contribution in [0.5, 0.6) is 5.75 Å². The molecule has 0 radical (unpaired) electrons. The number of methoxy groups -OCH3 is 1. The van der Waals surface area contributed by atoms with E-state index in [1.54, 1.807) is 46.8 Å². The second kappa shape index (κ2) is 9.01. The minimum atomic E-state index is -0.449. The Bertz CT molecular complexity index is 916. The summed E-state index contributed by atoms with van der Waals surface area (Å²) in [7, 11) is 1.42. The number of aromatic nitrogens is 1. The van der Waals surface area contributed by atoms with E-state index in [2.05, 4.69) is 10.3 Å². The van der Waals surface area contributed by atoms with E-state index >= 15 is 0 Å². The van der Waals surface area contributed by atoms with Gasteiger partial charge in [-0.15, -0.1) is 23.1 Å². The van der Waals surface area contributed by atoms with Crippen molar-refractivity contribution < 1.29 is 13.9 Å². The van der Waals surface area contributed by atoms with Gasteiger partial charge in [-0.2, -0.15) is 0 Å². The molecule has 1 unspecified atom stereocenters. The largest absolute Gasteiger partial charge is 0.494 e. The fraction of sp³-hybridized carbons (Fsp3) is 0.200. The van der Waals surface area contributed by atoms with Gasteiger partial charge in [0.25, 0.3) is 5.91 Å². The molecule has 7 heteroatoms. The summed E-state index contributed by atoms with van der Waals surface area (Å²) in [4.78, 5) is 17.9. The number of rotatable bonds is 7. The summed E-state index contributed by atoms with van der Waals surface area (Å²) < 4.78 is 18.9. The molecule has 0 aliphatic heterocycles. The Morgan fingerprint density at radius 3 is 2.85 bits per heavy atom. The van der Waals surface area contributed by atoms with E-state index in [9.17, 15) is 9.18 Å². The van der Waals surface area contributed by atoms with Crippen molar-refractivity contribution in [2.24, 2.45) is 0 Å². The van der Waals surface area contributed by atoms with Crippen molar-refractivity contribution in [2.75, 3.05) is 7.11 Å². The smallest absolute Gasteiger partial charge is 0.252 e. The zero-order valence-electron chi connectivity index (χ0n) is 14.9. The van der Waals surface area contributed by atoms with Crippen LogP contribution in [0.3, 0.4) is 0 Å². The van der Waals surface area contributed by atoms with Crippen molar-refractivity contribution in [3.8, 4) is 5.75 Å². The molecule has 3 rings (SSSR count). The number of nitrogens with zero attached hydrogens (tertiary/aromatic N) is 1. The van der Waals surface area contributed by atoms with Gasteiger partial charge in [-0.3, -0.25) is 4.79 Å². The van der Waals surface area contributed by atoms with Crippen molar-refractivity contribution in [2.45, 2.75) is 23.6 Å². The molecule has 0 aliphatic carbocycles. The second-order valence-electron chi connectivity index (χ2n) is 5.85. The normalized spacial score (nSPS) is 11.8. The molecule has 0 fully saturated rings. The molecule has 1 aromatic heterocycles. The summed E-state index contributed by atoms with van der Waals surface area (Å²) in [6.07, 6.45) is 0. The van der Waals surface area contributed by atoms with Crippen molar-refractivity contribution in [3.05, 3.63) is 76.0 Å². The highest BCUT2D eigenvalue weighted by Gasteiger charge is 2.16. The first-order valence-corrected chi connectivity index (χ1v) is 10.2. The molecule has 1 N–H and O–H groups in total. The SMILES string of the molecule is COc1ccc(C(C)NC(=O)c2ccccc2SCc2cscn2)cc1F. The fourth-order valence-electron chi connectivity index (χ4n) is 2.55. The van der Waals surface area contributed by atoms with Crippen molar-refractivity contribution in [3.63, 3.8) is 0 Å². The molecule has 0 aliphatic rings. The van der Waals surface area contributed by atoms with Gasteiger partial charge < -0.3 is 10.1 Å². The van der Waals surface area contributed by atoms with Gasteiger partial charge in [-0.05, 0) is 36.8 Å². The van der Waals surface area contributed by atoms with E-state index in [4.69, 9.17) is 4.74 Å². The molecular weight excluding hydrogens is 383 g/mol. The zero-order valence-corrected chi connectivity index (χ0v) is 16.6. The van der Waals surface area contributed by atoms with Gasteiger partial charge in [0.15, 0.2) is 11.6 Å². The lowest BCUT2D eigenvalue weighted by atomic mass is 10.1. The number of nitrogens with one attached hydrogen (secondary N) is 1. The molecule has 1 amide bonds. The van der Waals surface area contributed by atoms with E-state index < -0.39 is 5.82 Å². The maximum absolute atomic E-state index is 13.9. The highest BCUT2D eigenvalue weighted by molar-refractivity contribution is 7.98. The Kier molecular flexibility index (Phi) is 6.47. The van der Waals surface area contributed by atoms with E-state index in [1.165, 1.54) is 13.2 Å². The number of carbonyl (C=O) groups is 1. The minimum Gasteiger partial charge on any atom is -0.494 e. The maximum atomic E-state index is 13.9. The van der Waals surface area contributed by atoms with Crippen molar-refractivity contribution in [1.29, 1.82) is 0 Å². The molecule has 1 atom stereocenters. The average molecular weight is 403 g/mol. The molecule has 0 saturated heterocycles. The van der Waals surface area contributed by atoms with E-state index in [1.807, 2.05) is 30.5 Å². The van der Waals surface area contributed by atoms with E-state index in [0.29, 0.717) is 16.9 Å². The third-order valence-electron chi connectivity index (χ3n) is 4.01. The van der Waals surface area contributed by atoms with Crippen LogP contribution in [0.1, 0.15) is 34.6 Å². The highest BCUT2D eigenvalue weighted by atomic mass is 32.2. The Balaban J connectivity index is 1.71. The molecule has 1 heterocycles. The lowest BCUT2D eigenvalue weighted by molar-refractivity contribution is 0.0937. The molecule has 0 spiro atoms. The first kappa shape index (κ1) is 19.4. The summed E-state index contributed by atoms with van der Waals surface area (Å²) in [5.74, 6) is 0.240. The van der Waals surface area contributed by atoms with Gasteiger partial charge >= 0.3 is 0 Å². The third-order valence-corrected chi connectivity index (χ3v) is 5.76. The minimum absolute atomic E-state index is 0.182. The van der Waals surface area contributed by atoms with Gasteiger partial charge in [0.1, 0.15) is 0 Å². The quantitative estimate of drug-likeness (QED) is 0.560. The Hall–Kier alpha value is -2.38. The lowest BCUT2D eigenvalue weighted by Crippen LogP contribution is -2.27. The lowest BCUT2D eigenvalue weighted by Gasteiger charge is -2.16. The molecule has 4 nitrogen and oxygen atoms in total.